The lowest BCUT2D eigenvalue weighted by molar-refractivity contribution is -0.122. The van der Waals surface area contributed by atoms with Crippen molar-refractivity contribution in [3.8, 4) is 0 Å². The molecule has 17 heavy (non-hydrogen) atoms. The molecule has 0 aliphatic rings. The number of likely N-dealkylation sites (N-methyl/N-ethyl adjacent to an activating group) is 1. The Balaban J connectivity index is 3.91. The van der Waals surface area contributed by atoms with E-state index < -0.39 is 24.4 Å². The van der Waals surface area contributed by atoms with Gasteiger partial charge in [0.2, 0.25) is 0 Å². The highest BCUT2D eigenvalue weighted by molar-refractivity contribution is 5.73. The third kappa shape index (κ3) is 9.88. The minimum Gasteiger partial charge on any atom is -0.387 e. The van der Waals surface area contributed by atoms with Gasteiger partial charge in [-0.3, -0.25) is 0 Å². The van der Waals surface area contributed by atoms with E-state index in [1.54, 1.807) is 24.3 Å². The fourth-order valence-electron chi connectivity index (χ4n) is 1.25. The molecule has 0 bridgehead atoms. The van der Waals surface area contributed by atoms with Crippen LogP contribution in [-0.4, -0.2) is 61.5 Å². The first-order valence-electron chi connectivity index (χ1n) is 4.97. The van der Waals surface area contributed by atoms with Gasteiger partial charge >= 0.3 is 12.2 Å². The van der Waals surface area contributed by atoms with E-state index in [4.69, 9.17) is 0 Å². The van der Waals surface area contributed by atoms with Gasteiger partial charge in [0.25, 0.3) is 0 Å². The van der Waals surface area contributed by atoms with Crippen molar-refractivity contribution in [1.82, 2.24) is 15.5 Å². The Kier molecular flexibility index (Phi) is 5.70. The van der Waals surface area contributed by atoms with Crippen LogP contribution in [0.5, 0.6) is 0 Å². The molecule has 3 N–H and O–H groups in total. The number of hydrogen-bond donors (Lipinski definition) is 3. The van der Waals surface area contributed by atoms with Gasteiger partial charge in [-0.2, -0.15) is 13.2 Å². The van der Waals surface area contributed by atoms with Crippen LogP contribution in [0.15, 0.2) is 0 Å². The van der Waals surface area contributed by atoms with Crippen LogP contribution < -0.4 is 10.6 Å². The van der Waals surface area contributed by atoms with Gasteiger partial charge in [0.1, 0.15) is 6.54 Å². The Morgan fingerprint density at radius 3 is 2.12 bits per heavy atom. The SMILES string of the molecule is CN(C)CC(C)(O)CNC(=O)NCC(F)(F)F. The second-order valence-corrected chi connectivity index (χ2v) is 4.39. The standard InChI is InChI=1S/C9H18F3N3O2/c1-8(17,6-15(2)3)4-13-7(16)14-5-9(10,11)12/h17H,4-6H2,1-3H3,(H2,13,14,16). The van der Waals surface area contributed by atoms with E-state index in [9.17, 15) is 23.1 Å². The van der Waals surface area contributed by atoms with E-state index in [1.807, 2.05) is 0 Å². The number of alkyl halides is 3. The van der Waals surface area contributed by atoms with Gasteiger partial charge in [0.15, 0.2) is 0 Å². The van der Waals surface area contributed by atoms with Crippen molar-refractivity contribution >= 4 is 6.03 Å². The van der Waals surface area contributed by atoms with E-state index in [2.05, 4.69) is 5.32 Å². The van der Waals surface area contributed by atoms with Crippen LogP contribution in [0.4, 0.5) is 18.0 Å². The molecule has 0 fully saturated rings. The maximum atomic E-state index is 11.8. The van der Waals surface area contributed by atoms with Crippen LogP contribution >= 0.6 is 0 Å². The lowest BCUT2D eigenvalue weighted by Crippen LogP contribution is -2.50. The molecule has 0 aromatic heterocycles. The summed E-state index contributed by atoms with van der Waals surface area (Å²) in [5, 5.41) is 13.6. The zero-order chi connectivity index (χ0) is 13.7. The number of carbonyl (C=O) groups is 1. The summed E-state index contributed by atoms with van der Waals surface area (Å²) in [6.07, 6.45) is -4.44. The fraction of sp³-hybridized carbons (Fsp3) is 0.889. The lowest BCUT2D eigenvalue weighted by Gasteiger charge is -2.27. The molecule has 0 aliphatic carbocycles. The number of nitrogens with zero attached hydrogens (tertiary/aromatic N) is 1. The molecule has 1 unspecified atom stereocenters. The molecule has 0 saturated carbocycles. The van der Waals surface area contributed by atoms with Crippen LogP contribution in [-0.2, 0) is 0 Å². The molecule has 0 radical (unpaired) electrons. The maximum absolute atomic E-state index is 11.8. The van der Waals surface area contributed by atoms with Crippen LogP contribution in [0.2, 0.25) is 0 Å². The van der Waals surface area contributed by atoms with Crippen LogP contribution in [0.25, 0.3) is 0 Å². The Bertz CT molecular complexity index is 254. The van der Waals surface area contributed by atoms with Crippen LogP contribution in [0.1, 0.15) is 6.92 Å². The number of amides is 2. The van der Waals surface area contributed by atoms with Gasteiger partial charge in [-0.05, 0) is 21.0 Å². The molecule has 0 aliphatic heterocycles. The number of halogens is 3. The third-order valence-electron chi connectivity index (χ3n) is 1.74. The van der Waals surface area contributed by atoms with Crippen LogP contribution in [0, 0.1) is 0 Å². The highest BCUT2D eigenvalue weighted by Gasteiger charge is 2.28. The summed E-state index contributed by atoms with van der Waals surface area (Å²) in [5.74, 6) is 0. The van der Waals surface area contributed by atoms with Crippen molar-refractivity contribution in [2.24, 2.45) is 0 Å². The van der Waals surface area contributed by atoms with Crippen molar-refractivity contribution in [3.63, 3.8) is 0 Å². The molecular weight excluding hydrogens is 239 g/mol. The van der Waals surface area contributed by atoms with E-state index in [-0.39, 0.29) is 13.1 Å². The molecule has 1 atom stereocenters. The molecule has 0 heterocycles. The predicted molar refractivity (Wildman–Crippen MR) is 56.6 cm³/mol. The molecule has 0 spiro atoms. The molecule has 2 amide bonds. The van der Waals surface area contributed by atoms with Crippen LogP contribution in [0.3, 0.4) is 0 Å². The van der Waals surface area contributed by atoms with Gasteiger partial charge < -0.3 is 20.6 Å². The van der Waals surface area contributed by atoms with Crippen molar-refractivity contribution in [1.29, 1.82) is 0 Å². The van der Waals surface area contributed by atoms with E-state index in [1.165, 1.54) is 6.92 Å². The second kappa shape index (κ2) is 6.06. The highest BCUT2D eigenvalue weighted by atomic mass is 19.4. The number of rotatable bonds is 5. The first-order chi connectivity index (χ1) is 7.52. The normalized spacial score (nSPS) is 15.5. The Morgan fingerprint density at radius 1 is 1.24 bits per heavy atom. The van der Waals surface area contributed by atoms with Crippen molar-refractivity contribution < 1.29 is 23.1 Å². The van der Waals surface area contributed by atoms with E-state index in [0.717, 1.165) is 0 Å². The topological polar surface area (TPSA) is 64.6 Å². The highest BCUT2D eigenvalue weighted by Crippen LogP contribution is 2.11. The first-order valence-corrected chi connectivity index (χ1v) is 4.97. The molecule has 0 aromatic rings. The number of urea groups is 1. The van der Waals surface area contributed by atoms with Crippen molar-refractivity contribution in [3.05, 3.63) is 0 Å². The second-order valence-electron chi connectivity index (χ2n) is 4.39. The molecule has 0 saturated heterocycles. The smallest absolute Gasteiger partial charge is 0.387 e. The molecular formula is C9H18F3N3O2. The molecule has 0 rings (SSSR count). The zero-order valence-electron chi connectivity index (χ0n) is 10.1. The Labute approximate surface area is 98.0 Å². The number of hydrogen-bond acceptors (Lipinski definition) is 3. The van der Waals surface area contributed by atoms with Gasteiger partial charge in [0.05, 0.1) is 5.60 Å². The molecule has 0 aromatic carbocycles. The van der Waals surface area contributed by atoms with Gasteiger partial charge in [-0.1, -0.05) is 0 Å². The van der Waals surface area contributed by atoms with Gasteiger partial charge in [0, 0.05) is 13.1 Å². The minimum absolute atomic E-state index is 0.130. The third-order valence-corrected chi connectivity index (χ3v) is 1.74. The summed E-state index contributed by atoms with van der Waals surface area (Å²) < 4.78 is 35.3. The van der Waals surface area contributed by atoms with Crippen molar-refractivity contribution in [2.45, 2.75) is 18.7 Å². The van der Waals surface area contributed by atoms with E-state index in [0.29, 0.717) is 0 Å². The Morgan fingerprint density at radius 2 is 1.71 bits per heavy atom. The largest absolute Gasteiger partial charge is 0.405 e. The Hall–Kier alpha value is -1.02. The predicted octanol–water partition coefficient (Wildman–Crippen LogP) is 0.160. The summed E-state index contributed by atoms with van der Waals surface area (Å²) in [7, 11) is 3.47. The summed E-state index contributed by atoms with van der Waals surface area (Å²) in [4.78, 5) is 12.7. The zero-order valence-corrected chi connectivity index (χ0v) is 10.1. The summed E-state index contributed by atoms with van der Waals surface area (Å²) in [5.41, 5.74) is -1.20. The average Bonchev–Trinajstić information content (AvgIpc) is 2.08. The quantitative estimate of drug-likeness (QED) is 0.657. The number of aliphatic hydroxyl groups is 1. The van der Waals surface area contributed by atoms with Gasteiger partial charge in [-0.25, -0.2) is 4.79 Å². The molecule has 5 nitrogen and oxygen atoms in total. The summed E-state index contributed by atoms with van der Waals surface area (Å²) >= 11 is 0. The summed E-state index contributed by atoms with van der Waals surface area (Å²) in [6, 6.07) is -0.957. The maximum Gasteiger partial charge on any atom is 0.405 e. The average molecular weight is 257 g/mol. The molecule has 102 valence electrons. The van der Waals surface area contributed by atoms with E-state index >= 15 is 0 Å². The minimum atomic E-state index is -4.44. The number of carbonyl (C=O) groups excluding carboxylic acids is 1. The van der Waals surface area contributed by atoms with Crippen molar-refractivity contribution in [2.75, 3.05) is 33.7 Å². The fourth-order valence-corrected chi connectivity index (χ4v) is 1.25. The number of nitrogens with one attached hydrogen (secondary N) is 2. The monoisotopic (exact) mass is 257 g/mol. The first kappa shape index (κ1) is 16.0. The lowest BCUT2D eigenvalue weighted by atomic mass is 10.1. The molecule has 8 heteroatoms. The summed E-state index contributed by atoms with van der Waals surface area (Å²) in [6.45, 7) is 0.243. The van der Waals surface area contributed by atoms with Gasteiger partial charge in [-0.15, -0.1) is 0 Å².